The maximum Gasteiger partial charge on any atom is 0.270 e. The minimum absolute atomic E-state index is 0.0944. The van der Waals surface area contributed by atoms with E-state index < -0.39 is 0 Å². The van der Waals surface area contributed by atoms with Crippen molar-refractivity contribution >= 4 is 11.8 Å². The number of carbonyl (C=O) groups is 2. The van der Waals surface area contributed by atoms with Crippen LogP contribution in [-0.2, 0) is 0 Å². The van der Waals surface area contributed by atoms with E-state index in [0.717, 1.165) is 70.0 Å². The van der Waals surface area contributed by atoms with E-state index in [9.17, 15) is 14.4 Å². The normalized spacial score (nSPS) is 21.7. The molecule has 6 rings (SSSR count). The maximum absolute atomic E-state index is 12.9. The smallest absolute Gasteiger partial charge is 0.270 e. The molecule has 2 aromatic heterocycles. The van der Waals surface area contributed by atoms with Gasteiger partial charge in [0.15, 0.2) is 0 Å². The number of H-pyrrole nitrogens is 1. The molecule has 10 heteroatoms. The van der Waals surface area contributed by atoms with Crippen LogP contribution in [0.5, 0.6) is 5.88 Å². The van der Waals surface area contributed by atoms with Crippen molar-refractivity contribution in [2.24, 2.45) is 0 Å². The zero-order chi connectivity index (χ0) is 36.1. The summed E-state index contributed by atoms with van der Waals surface area (Å²) < 4.78 is 5.33. The fourth-order valence-corrected chi connectivity index (χ4v) is 8.67. The van der Waals surface area contributed by atoms with E-state index in [0.29, 0.717) is 29.2 Å². The van der Waals surface area contributed by atoms with Crippen molar-refractivity contribution in [1.29, 1.82) is 0 Å². The lowest BCUT2D eigenvalue weighted by Crippen LogP contribution is -2.46. The molecule has 0 spiro atoms. The third-order valence-electron chi connectivity index (χ3n) is 11.9. The molecular formula is C41H64N6O4. The average Bonchev–Trinajstić information content (AvgIpc) is 3.85. The molecule has 2 aromatic rings. The van der Waals surface area contributed by atoms with Crippen LogP contribution in [0.1, 0.15) is 212 Å². The molecule has 0 bridgehead atoms. The summed E-state index contributed by atoms with van der Waals surface area (Å²) in [4.78, 5) is 54.3. The number of carbonyl (C=O) groups excluding carboxylic acids is 2. The zero-order valence-corrected chi connectivity index (χ0v) is 31.8. The van der Waals surface area contributed by atoms with Gasteiger partial charge in [-0.05, 0) is 65.2 Å². The highest BCUT2D eigenvalue weighted by Crippen LogP contribution is 2.34. The van der Waals surface area contributed by atoms with E-state index in [1.165, 1.54) is 96.0 Å². The molecule has 0 aliphatic heterocycles. The van der Waals surface area contributed by atoms with Gasteiger partial charge in [-0.2, -0.15) is 4.98 Å². The first-order valence-electron chi connectivity index (χ1n) is 20.3. The number of rotatable bonds is 7. The second-order valence-corrected chi connectivity index (χ2v) is 16.4. The number of amides is 2. The van der Waals surface area contributed by atoms with Gasteiger partial charge in [0.05, 0.1) is 7.11 Å². The van der Waals surface area contributed by atoms with E-state index in [4.69, 9.17) is 4.74 Å². The van der Waals surface area contributed by atoms with Crippen LogP contribution >= 0.6 is 0 Å². The summed E-state index contributed by atoms with van der Waals surface area (Å²) >= 11 is 0. The summed E-state index contributed by atoms with van der Waals surface area (Å²) in [7, 11) is 1.60. The molecule has 0 atom stereocenters. The molecule has 4 saturated carbocycles. The van der Waals surface area contributed by atoms with Crippen molar-refractivity contribution in [1.82, 2.24) is 30.6 Å². The molecule has 3 N–H and O–H groups in total. The maximum atomic E-state index is 12.9. The molecule has 4 fully saturated rings. The first kappa shape index (κ1) is 38.9. The number of methoxy groups -OCH3 is 1. The quantitative estimate of drug-likeness (QED) is 0.262. The number of nitrogens with zero attached hydrogens (tertiary/aromatic N) is 3. The van der Waals surface area contributed by atoms with Crippen molar-refractivity contribution in [3.8, 4) is 5.88 Å². The van der Waals surface area contributed by atoms with Gasteiger partial charge in [0.1, 0.15) is 23.0 Å². The Kier molecular flexibility index (Phi) is 14.5. The summed E-state index contributed by atoms with van der Waals surface area (Å²) in [6.45, 7) is 4.32. The van der Waals surface area contributed by atoms with Crippen molar-refractivity contribution in [3.63, 3.8) is 0 Å². The van der Waals surface area contributed by atoms with Crippen molar-refractivity contribution < 1.29 is 14.3 Å². The van der Waals surface area contributed by atoms with Gasteiger partial charge in [-0.25, -0.2) is 9.97 Å². The molecule has 4 aliphatic carbocycles. The molecule has 10 nitrogen and oxygen atoms in total. The Morgan fingerprint density at radius 1 is 0.627 bits per heavy atom. The molecule has 282 valence electrons. The van der Waals surface area contributed by atoms with Crippen LogP contribution in [0, 0.1) is 0 Å². The molecule has 0 saturated heterocycles. The Balaban J connectivity index is 0.000000198. The second kappa shape index (κ2) is 19.0. The van der Waals surface area contributed by atoms with E-state index in [1.807, 2.05) is 0 Å². The van der Waals surface area contributed by atoms with Gasteiger partial charge in [0.25, 0.3) is 17.4 Å². The van der Waals surface area contributed by atoms with Crippen molar-refractivity contribution in [2.45, 2.75) is 191 Å². The standard InChI is InChI=1S/C21H33N3O2.C20H31N3O2/c1-21(13-9-5-3-2-4-6-10-14-21)24-20(26)17-15-18(25)23-19(22-17)16-11-7-8-12-16;1-20(12-8-4-3-5-9-13-20)23-19(24)16-14-17(25-2)22-18(21-16)15-10-6-7-11-15/h15-16H,2-14H2,1H3,(H,24,26)(H,22,23,25);14-15H,3-13H2,1-2H3,(H,23,24). The van der Waals surface area contributed by atoms with Gasteiger partial charge in [-0.3, -0.25) is 14.4 Å². The van der Waals surface area contributed by atoms with E-state index in [2.05, 4.69) is 44.4 Å². The molecule has 2 amide bonds. The summed E-state index contributed by atoms with van der Waals surface area (Å²) in [6.07, 6.45) is 28.0. The Bertz CT molecular complexity index is 1460. The summed E-state index contributed by atoms with van der Waals surface area (Å²) in [5.41, 5.74) is 0.157. The number of nitrogens with one attached hydrogen (secondary N) is 3. The second-order valence-electron chi connectivity index (χ2n) is 16.4. The topological polar surface area (TPSA) is 139 Å². The number of aromatic nitrogens is 4. The largest absolute Gasteiger partial charge is 0.481 e. The van der Waals surface area contributed by atoms with Gasteiger partial charge >= 0.3 is 0 Å². The minimum atomic E-state index is -0.219. The van der Waals surface area contributed by atoms with Gasteiger partial charge in [0, 0.05) is 35.0 Å². The van der Waals surface area contributed by atoms with Crippen LogP contribution in [0.2, 0.25) is 0 Å². The molecule has 0 radical (unpaired) electrons. The Morgan fingerprint density at radius 3 is 1.53 bits per heavy atom. The number of aromatic amines is 1. The number of hydrogen-bond donors (Lipinski definition) is 3. The van der Waals surface area contributed by atoms with Crippen LogP contribution in [-0.4, -0.2) is 49.9 Å². The van der Waals surface area contributed by atoms with Gasteiger partial charge in [-0.1, -0.05) is 103 Å². The predicted octanol–water partition coefficient (Wildman–Crippen LogP) is 8.82. The zero-order valence-electron chi connectivity index (χ0n) is 31.8. The summed E-state index contributed by atoms with van der Waals surface area (Å²) in [5, 5.41) is 6.48. The lowest BCUT2D eigenvalue weighted by molar-refractivity contribution is 0.0875. The Morgan fingerprint density at radius 2 is 1.06 bits per heavy atom. The molecule has 51 heavy (non-hydrogen) atoms. The minimum Gasteiger partial charge on any atom is -0.481 e. The third kappa shape index (κ3) is 11.9. The third-order valence-corrected chi connectivity index (χ3v) is 11.9. The number of hydrogen-bond acceptors (Lipinski definition) is 7. The monoisotopic (exact) mass is 704 g/mol. The van der Waals surface area contributed by atoms with Gasteiger partial charge in [0.2, 0.25) is 5.88 Å². The highest BCUT2D eigenvalue weighted by Gasteiger charge is 2.30. The molecule has 4 aliphatic rings. The summed E-state index contributed by atoms with van der Waals surface area (Å²) in [6, 6.07) is 3.01. The first-order chi connectivity index (χ1) is 24.7. The predicted molar refractivity (Wildman–Crippen MR) is 201 cm³/mol. The van der Waals surface area contributed by atoms with Crippen LogP contribution in [0.3, 0.4) is 0 Å². The fraction of sp³-hybridized carbons (Fsp3) is 0.756. The van der Waals surface area contributed by atoms with Gasteiger partial charge < -0.3 is 20.4 Å². The molecule has 2 heterocycles. The Labute approximate surface area is 305 Å². The van der Waals surface area contributed by atoms with E-state index in [1.54, 1.807) is 13.2 Å². The molecular weight excluding hydrogens is 640 g/mol. The molecule has 0 aromatic carbocycles. The van der Waals surface area contributed by atoms with Crippen molar-refractivity contribution in [2.75, 3.05) is 7.11 Å². The van der Waals surface area contributed by atoms with Crippen molar-refractivity contribution in [3.05, 3.63) is 45.5 Å². The first-order valence-corrected chi connectivity index (χ1v) is 20.3. The lowest BCUT2D eigenvalue weighted by Gasteiger charge is -2.32. The summed E-state index contributed by atoms with van der Waals surface area (Å²) in [5.74, 6) is 2.31. The highest BCUT2D eigenvalue weighted by molar-refractivity contribution is 5.93. The highest BCUT2D eigenvalue weighted by atomic mass is 16.5. The fourth-order valence-electron chi connectivity index (χ4n) is 8.67. The average molecular weight is 705 g/mol. The SMILES string of the molecule is CC1(NC(=O)c2cc(=O)[nH]c(C3CCCC3)n2)CCCCCCCCC1.COc1cc(C(=O)NC2(C)CCCCCCC2)nc(C2CCCC2)n1. The Hall–Kier alpha value is -3.30. The van der Waals surface area contributed by atoms with Crippen LogP contribution in [0.15, 0.2) is 16.9 Å². The van der Waals surface area contributed by atoms with Gasteiger partial charge in [-0.15, -0.1) is 0 Å². The molecule has 0 unspecified atom stereocenters. The van der Waals surface area contributed by atoms with E-state index in [-0.39, 0.29) is 34.1 Å². The van der Waals surface area contributed by atoms with Crippen LogP contribution < -0.4 is 20.9 Å². The number of ether oxygens (including phenoxy) is 1. The van der Waals surface area contributed by atoms with E-state index >= 15 is 0 Å². The van der Waals surface area contributed by atoms with Crippen LogP contribution in [0.25, 0.3) is 0 Å². The lowest BCUT2D eigenvalue weighted by atomic mass is 9.85. The van der Waals surface area contributed by atoms with Crippen LogP contribution in [0.4, 0.5) is 0 Å².